The third-order valence-electron chi connectivity index (χ3n) is 3.77. The van der Waals surface area contributed by atoms with Crippen molar-refractivity contribution in [1.82, 2.24) is 20.3 Å². The summed E-state index contributed by atoms with van der Waals surface area (Å²) in [5.41, 5.74) is 2.31. The standard InChI is InChI=1S/C16H18N6/c1-11-20-15(12-4-6-18-7-5-12)8-16(21-11)22-14-3-2-13(9-17)19-10-14/h2-3,8,10,12,18H,4-7H2,1H3,(H,20,21,22). The zero-order chi connectivity index (χ0) is 15.4. The van der Waals surface area contributed by atoms with Crippen LogP contribution in [-0.4, -0.2) is 28.0 Å². The van der Waals surface area contributed by atoms with Gasteiger partial charge in [-0.15, -0.1) is 0 Å². The molecule has 0 aromatic carbocycles. The summed E-state index contributed by atoms with van der Waals surface area (Å²) < 4.78 is 0. The predicted molar refractivity (Wildman–Crippen MR) is 83.8 cm³/mol. The maximum Gasteiger partial charge on any atom is 0.140 e. The van der Waals surface area contributed by atoms with Gasteiger partial charge in [0.05, 0.1) is 11.9 Å². The van der Waals surface area contributed by atoms with E-state index < -0.39 is 0 Å². The number of rotatable bonds is 3. The van der Waals surface area contributed by atoms with Crippen LogP contribution in [-0.2, 0) is 0 Å². The number of pyridine rings is 1. The van der Waals surface area contributed by atoms with Crippen molar-refractivity contribution in [2.45, 2.75) is 25.7 Å². The van der Waals surface area contributed by atoms with Crippen molar-refractivity contribution in [2.24, 2.45) is 0 Å². The molecule has 22 heavy (non-hydrogen) atoms. The van der Waals surface area contributed by atoms with Crippen LogP contribution in [0.4, 0.5) is 11.5 Å². The van der Waals surface area contributed by atoms with Gasteiger partial charge in [0.1, 0.15) is 23.4 Å². The number of anilines is 2. The summed E-state index contributed by atoms with van der Waals surface area (Å²) in [4.78, 5) is 13.1. The minimum Gasteiger partial charge on any atom is -0.339 e. The van der Waals surface area contributed by atoms with Crippen molar-refractivity contribution < 1.29 is 0 Å². The van der Waals surface area contributed by atoms with Crippen molar-refractivity contribution in [3.63, 3.8) is 0 Å². The van der Waals surface area contributed by atoms with Crippen LogP contribution in [0.2, 0.25) is 0 Å². The molecule has 3 heterocycles. The molecular weight excluding hydrogens is 276 g/mol. The van der Waals surface area contributed by atoms with Gasteiger partial charge in [0, 0.05) is 17.7 Å². The fourth-order valence-electron chi connectivity index (χ4n) is 2.66. The van der Waals surface area contributed by atoms with Crippen LogP contribution in [0.1, 0.15) is 36.0 Å². The monoisotopic (exact) mass is 294 g/mol. The molecule has 6 nitrogen and oxygen atoms in total. The van der Waals surface area contributed by atoms with Gasteiger partial charge in [-0.25, -0.2) is 15.0 Å². The Hall–Kier alpha value is -2.52. The average molecular weight is 294 g/mol. The van der Waals surface area contributed by atoms with E-state index in [0.29, 0.717) is 11.6 Å². The van der Waals surface area contributed by atoms with E-state index in [4.69, 9.17) is 5.26 Å². The minimum absolute atomic E-state index is 0.403. The molecule has 1 aliphatic rings. The second-order valence-electron chi connectivity index (χ2n) is 5.42. The predicted octanol–water partition coefficient (Wildman–Crippen LogP) is 2.26. The molecule has 1 saturated heterocycles. The van der Waals surface area contributed by atoms with Crippen molar-refractivity contribution >= 4 is 11.5 Å². The van der Waals surface area contributed by atoms with Gasteiger partial charge in [0.2, 0.25) is 0 Å². The second kappa shape index (κ2) is 6.50. The highest BCUT2D eigenvalue weighted by molar-refractivity contribution is 5.55. The van der Waals surface area contributed by atoms with Gasteiger partial charge >= 0.3 is 0 Å². The molecule has 112 valence electrons. The van der Waals surface area contributed by atoms with Crippen LogP contribution in [0.5, 0.6) is 0 Å². The Kier molecular flexibility index (Phi) is 4.26. The summed E-state index contributed by atoms with van der Waals surface area (Å²) in [5, 5.41) is 15.4. The van der Waals surface area contributed by atoms with Crippen LogP contribution >= 0.6 is 0 Å². The third-order valence-corrected chi connectivity index (χ3v) is 3.77. The summed E-state index contributed by atoms with van der Waals surface area (Å²) in [5.74, 6) is 2.02. The average Bonchev–Trinajstić information content (AvgIpc) is 2.56. The van der Waals surface area contributed by atoms with E-state index in [1.807, 2.05) is 25.1 Å². The smallest absolute Gasteiger partial charge is 0.140 e. The summed E-state index contributed by atoms with van der Waals surface area (Å²) in [6.45, 7) is 3.98. The van der Waals surface area contributed by atoms with Crippen LogP contribution < -0.4 is 10.6 Å². The molecule has 1 aliphatic heterocycles. The molecule has 0 atom stereocenters. The number of nitrogens with zero attached hydrogens (tertiary/aromatic N) is 4. The summed E-state index contributed by atoms with van der Waals surface area (Å²) >= 11 is 0. The van der Waals surface area contributed by atoms with E-state index in [0.717, 1.165) is 49.0 Å². The molecule has 0 aliphatic carbocycles. The zero-order valence-corrected chi connectivity index (χ0v) is 12.5. The van der Waals surface area contributed by atoms with E-state index >= 15 is 0 Å². The molecular formula is C16H18N6. The maximum absolute atomic E-state index is 8.78. The Morgan fingerprint density at radius 1 is 1.27 bits per heavy atom. The number of aryl methyl sites for hydroxylation is 1. The number of piperidine rings is 1. The Bertz CT molecular complexity index is 683. The van der Waals surface area contributed by atoms with Gasteiger partial charge in [-0.2, -0.15) is 5.26 Å². The number of aromatic nitrogens is 3. The Morgan fingerprint density at radius 2 is 2.09 bits per heavy atom. The first kappa shape index (κ1) is 14.4. The number of nitrogens with one attached hydrogen (secondary N) is 2. The summed E-state index contributed by atoms with van der Waals surface area (Å²) in [7, 11) is 0. The lowest BCUT2D eigenvalue weighted by molar-refractivity contribution is 0.452. The van der Waals surface area contributed by atoms with Crippen LogP contribution in [0.15, 0.2) is 24.4 Å². The summed E-state index contributed by atoms with van der Waals surface area (Å²) in [6, 6.07) is 7.54. The lowest BCUT2D eigenvalue weighted by Crippen LogP contribution is -2.27. The number of hydrogen-bond acceptors (Lipinski definition) is 6. The SMILES string of the molecule is Cc1nc(Nc2ccc(C#N)nc2)cc(C2CCNCC2)n1. The summed E-state index contributed by atoms with van der Waals surface area (Å²) in [6.07, 6.45) is 3.85. The first-order valence-corrected chi connectivity index (χ1v) is 7.44. The molecule has 2 aromatic rings. The molecule has 0 bridgehead atoms. The molecule has 0 amide bonds. The number of hydrogen-bond donors (Lipinski definition) is 2. The maximum atomic E-state index is 8.78. The van der Waals surface area contributed by atoms with Gasteiger partial charge in [-0.3, -0.25) is 0 Å². The number of nitriles is 1. The van der Waals surface area contributed by atoms with E-state index in [1.54, 1.807) is 12.3 Å². The Morgan fingerprint density at radius 3 is 2.77 bits per heavy atom. The molecule has 0 spiro atoms. The quantitative estimate of drug-likeness (QED) is 0.903. The first-order chi connectivity index (χ1) is 10.7. The lowest BCUT2D eigenvalue weighted by Gasteiger charge is -2.22. The molecule has 3 rings (SSSR count). The van der Waals surface area contributed by atoms with Gasteiger partial charge in [-0.1, -0.05) is 0 Å². The van der Waals surface area contributed by atoms with Gasteiger partial charge < -0.3 is 10.6 Å². The molecule has 2 N–H and O–H groups in total. The van der Waals surface area contributed by atoms with Crippen molar-refractivity contribution in [3.8, 4) is 6.07 Å². The van der Waals surface area contributed by atoms with E-state index in [9.17, 15) is 0 Å². The van der Waals surface area contributed by atoms with E-state index in [-0.39, 0.29) is 0 Å². The van der Waals surface area contributed by atoms with Crippen molar-refractivity contribution in [2.75, 3.05) is 18.4 Å². The third kappa shape index (κ3) is 3.38. The van der Waals surface area contributed by atoms with Gasteiger partial charge in [0.15, 0.2) is 0 Å². The zero-order valence-electron chi connectivity index (χ0n) is 12.5. The highest BCUT2D eigenvalue weighted by Crippen LogP contribution is 2.26. The second-order valence-corrected chi connectivity index (χ2v) is 5.42. The minimum atomic E-state index is 0.403. The topological polar surface area (TPSA) is 86.5 Å². The van der Waals surface area contributed by atoms with E-state index in [2.05, 4.69) is 25.6 Å². The molecule has 6 heteroatoms. The fraction of sp³-hybridized carbons (Fsp3) is 0.375. The van der Waals surface area contributed by atoms with Crippen molar-refractivity contribution in [1.29, 1.82) is 5.26 Å². The first-order valence-electron chi connectivity index (χ1n) is 7.44. The highest BCUT2D eigenvalue weighted by atomic mass is 15.0. The molecule has 0 radical (unpaired) electrons. The van der Waals surface area contributed by atoms with Crippen LogP contribution in [0.25, 0.3) is 0 Å². The van der Waals surface area contributed by atoms with Crippen LogP contribution in [0.3, 0.4) is 0 Å². The largest absolute Gasteiger partial charge is 0.339 e. The molecule has 0 unspecified atom stereocenters. The van der Waals surface area contributed by atoms with Gasteiger partial charge in [-0.05, 0) is 45.0 Å². The lowest BCUT2D eigenvalue weighted by atomic mass is 9.94. The Labute approximate surface area is 129 Å². The molecule has 1 fully saturated rings. The highest BCUT2D eigenvalue weighted by Gasteiger charge is 2.17. The van der Waals surface area contributed by atoms with Crippen LogP contribution in [0, 0.1) is 18.3 Å². The fourth-order valence-corrected chi connectivity index (χ4v) is 2.66. The van der Waals surface area contributed by atoms with Gasteiger partial charge in [0.25, 0.3) is 0 Å². The molecule has 2 aromatic heterocycles. The van der Waals surface area contributed by atoms with Crippen molar-refractivity contribution in [3.05, 3.63) is 41.6 Å². The van der Waals surface area contributed by atoms with E-state index in [1.165, 1.54) is 0 Å². The Balaban J connectivity index is 1.80. The normalized spacial score (nSPS) is 15.3. The molecule has 0 saturated carbocycles.